The van der Waals surface area contributed by atoms with Crippen LogP contribution in [0.15, 0.2) is 13.6 Å². The summed E-state index contributed by atoms with van der Waals surface area (Å²) >= 11 is 8.18. The number of amides is 1. The van der Waals surface area contributed by atoms with Gasteiger partial charge in [0.1, 0.15) is 0 Å². The van der Waals surface area contributed by atoms with Crippen molar-refractivity contribution in [3.05, 3.63) is 19.2 Å². The van der Waals surface area contributed by atoms with Crippen molar-refractivity contribution in [2.24, 2.45) is 5.92 Å². The molecule has 1 amide bonds. The van der Waals surface area contributed by atoms with Crippen molar-refractivity contribution in [2.75, 3.05) is 6.54 Å². The molecule has 0 bridgehead atoms. The fraction of sp³-hybridized carbons (Fsp3) is 0.500. The first-order chi connectivity index (χ1) is 7.56. The number of aliphatic hydroxyl groups is 1. The molecular formula is C10H11Br2NO2S. The molecule has 16 heavy (non-hydrogen) atoms. The minimum Gasteiger partial charge on any atom is -0.393 e. The third kappa shape index (κ3) is 2.85. The Morgan fingerprint density at radius 2 is 2.25 bits per heavy atom. The van der Waals surface area contributed by atoms with Crippen LogP contribution in [0.5, 0.6) is 0 Å². The standard InChI is InChI=1S/C10H11Br2NO2S/c11-8-3-7(9(12)16-8)10(15)13-4-5-1-6(14)2-5/h3,5-6,14H,1-2,4H2,(H,13,15). The molecule has 2 rings (SSSR count). The monoisotopic (exact) mass is 367 g/mol. The van der Waals surface area contributed by atoms with Gasteiger partial charge in [-0.1, -0.05) is 0 Å². The normalized spacial score (nSPS) is 23.9. The van der Waals surface area contributed by atoms with Gasteiger partial charge in [-0.15, -0.1) is 11.3 Å². The first-order valence-corrected chi connectivity index (χ1v) is 7.37. The van der Waals surface area contributed by atoms with Crippen molar-refractivity contribution >= 4 is 49.1 Å². The van der Waals surface area contributed by atoms with Crippen molar-refractivity contribution in [1.29, 1.82) is 0 Å². The van der Waals surface area contributed by atoms with Crippen molar-refractivity contribution in [3.8, 4) is 0 Å². The molecule has 1 aliphatic rings. The maximum atomic E-state index is 11.8. The second kappa shape index (κ2) is 5.16. The minimum atomic E-state index is -0.163. The molecule has 0 unspecified atom stereocenters. The molecule has 1 saturated carbocycles. The zero-order chi connectivity index (χ0) is 11.7. The highest BCUT2D eigenvalue weighted by atomic mass is 79.9. The zero-order valence-electron chi connectivity index (χ0n) is 8.37. The van der Waals surface area contributed by atoms with Gasteiger partial charge in [0.25, 0.3) is 5.91 Å². The van der Waals surface area contributed by atoms with Crippen LogP contribution in [0.1, 0.15) is 23.2 Å². The van der Waals surface area contributed by atoms with Gasteiger partial charge in [-0.2, -0.15) is 0 Å². The van der Waals surface area contributed by atoms with E-state index in [2.05, 4.69) is 37.2 Å². The summed E-state index contributed by atoms with van der Waals surface area (Å²) in [5.74, 6) is 0.370. The number of hydrogen-bond donors (Lipinski definition) is 2. The minimum absolute atomic E-state index is 0.0600. The molecule has 88 valence electrons. The Labute approximate surface area is 114 Å². The number of thiophene rings is 1. The Hall–Kier alpha value is 0.0900. The highest BCUT2D eigenvalue weighted by Gasteiger charge is 2.27. The molecule has 0 aliphatic heterocycles. The van der Waals surface area contributed by atoms with Crippen molar-refractivity contribution in [2.45, 2.75) is 18.9 Å². The number of halogens is 2. The number of carbonyl (C=O) groups excluding carboxylic acids is 1. The fourth-order valence-corrected chi connectivity index (χ4v) is 4.49. The number of rotatable bonds is 3. The lowest BCUT2D eigenvalue weighted by atomic mass is 9.82. The van der Waals surface area contributed by atoms with Crippen LogP contribution in [0, 0.1) is 5.92 Å². The first kappa shape index (κ1) is 12.5. The summed E-state index contributed by atoms with van der Waals surface area (Å²) in [6.07, 6.45) is 1.44. The van der Waals surface area contributed by atoms with Crippen LogP contribution in [0.25, 0.3) is 0 Å². The Morgan fingerprint density at radius 3 is 2.75 bits per heavy atom. The van der Waals surface area contributed by atoms with Crippen LogP contribution in [-0.4, -0.2) is 23.7 Å². The van der Waals surface area contributed by atoms with E-state index in [0.29, 0.717) is 18.0 Å². The van der Waals surface area contributed by atoms with E-state index in [1.807, 2.05) is 0 Å². The average Bonchev–Trinajstić information content (AvgIpc) is 2.50. The molecule has 1 heterocycles. The smallest absolute Gasteiger partial charge is 0.253 e. The van der Waals surface area contributed by atoms with Gasteiger partial charge in [0.05, 0.1) is 19.2 Å². The maximum Gasteiger partial charge on any atom is 0.253 e. The Bertz CT molecular complexity index is 402. The van der Waals surface area contributed by atoms with E-state index >= 15 is 0 Å². The number of carbonyl (C=O) groups is 1. The lowest BCUT2D eigenvalue weighted by Crippen LogP contribution is -2.38. The molecule has 1 fully saturated rings. The highest BCUT2D eigenvalue weighted by Crippen LogP contribution is 2.32. The summed E-state index contributed by atoms with van der Waals surface area (Å²) in [7, 11) is 0. The van der Waals surface area contributed by atoms with Gasteiger partial charge >= 0.3 is 0 Å². The average molecular weight is 369 g/mol. The van der Waals surface area contributed by atoms with Crippen LogP contribution in [0.4, 0.5) is 0 Å². The molecule has 0 aromatic carbocycles. The summed E-state index contributed by atoms with van der Waals surface area (Å²) in [4.78, 5) is 11.8. The SMILES string of the molecule is O=C(NCC1CC(O)C1)c1cc(Br)sc1Br. The Balaban J connectivity index is 1.86. The molecule has 0 radical (unpaired) electrons. The summed E-state index contributed by atoms with van der Waals surface area (Å²) in [6, 6.07) is 1.81. The van der Waals surface area contributed by atoms with Crippen LogP contribution < -0.4 is 5.32 Å². The number of nitrogens with one attached hydrogen (secondary N) is 1. The van der Waals surface area contributed by atoms with Crippen LogP contribution >= 0.6 is 43.2 Å². The van der Waals surface area contributed by atoms with E-state index in [9.17, 15) is 4.79 Å². The quantitative estimate of drug-likeness (QED) is 0.861. The van der Waals surface area contributed by atoms with Crippen molar-refractivity contribution in [1.82, 2.24) is 5.32 Å². The van der Waals surface area contributed by atoms with Crippen LogP contribution in [0.2, 0.25) is 0 Å². The molecule has 3 nitrogen and oxygen atoms in total. The first-order valence-electron chi connectivity index (χ1n) is 4.97. The summed E-state index contributed by atoms with van der Waals surface area (Å²) in [5, 5.41) is 12.0. The topological polar surface area (TPSA) is 49.3 Å². The largest absolute Gasteiger partial charge is 0.393 e. The second-order valence-corrected chi connectivity index (χ2v) is 7.69. The van der Waals surface area contributed by atoms with Gasteiger partial charge in [0.15, 0.2) is 0 Å². The van der Waals surface area contributed by atoms with Crippen molar-refractivity contribution in [3.63, 3.8) is 0 Å². The molecule has 1 aromatic rings. The van der Waals surface area contributed by atoms with Crippen LogP contribution in [-0.2, 0) is 0 Å². The molecule has 6 heteroatoms. The molecule has 1 aliphatic carbocycles. The van der Waals surface area contributed by atoms with Gasteiger partial charge < -0.3 is 10.4 Å². The van der Waals surface area contributed by atoms with E-state index in [1.54, 1.807) is 6.07 Å². The Kier molecular flexibility index (Phi) is 4.05. The molecule has 0 atom stereocenters. The van der Waals surface area contributed by atoms with Crippen molar-refractivity contribution < 1.29 is 9.90 Å². The van der Waals surface area contributed by atoms with E-state index in [4.69, 9.17) is 5.11 Å². The molecule has 0 saturated heterocycles. The molecular weight excluding hydrogens is 358 g/mol. The van der Waals surface area contributed by atoms with Gasteiger partial charge in [-0.05, 0) is 56.7 Å². The van der Waals surface area contributed by atoms with Gasteiger partial charge in [-0.3, -0.25) is 4.79 Å². The van der Waals surface area contributed by atoms with Gasteiger partial charge in [-0.25, -0.2) is 0 Å². The number of hydrogen-bond acceptors (Lipinski definition) is 3. The third-order valence-electron chi connectivity index (χ3n) is 2.66. The third-order valence-corrected chi connectivity index (χ3v) is 5.00. The van der Waals surface area contributed by atoms with E-state index < -0.39 is 0 Å². The summed E-state index contributed by atoms with van der Waals surface area (Å²) < 4.78 is 1.77. The molecule has 1 aromatic heterocycles. The van der Waals surface area contributed by atoms with E-state index in [1.165, 1.54) is 11.3 Å². The van der Waals surface area contributed by atoms with Crippen LogP contribution in [0.3, 0.4) is 0 Å². The summed E-state index contributed by atoms with van der Waals surface area (Å²) in [5.41, 5.74) is 0.664. The van der Waals surface area contributed by atoms with E-state index in [0.717, 1.165) is 20.4 Å². The van der Waals surface area contributed by atoms with Gasteiger partial charge in [0, 0.05) is 6.54 Å². The van der Waals surface area contributed by atoms with E-state index in [-0.39, 0.29) is 12.0 Å². The fourth-order valence-electron chi connectivity index (χ4n) is 1.69. The molecule has 2 N–H and O–H groups in total. The van der Waals surface area contributed by atoms with Gasteiger partial charge in [0.2, 0.25) is 0 Å². The Morgan fingerprint density at radius 1 is 1.56 bits per heavy atom. The number of aliphatic hydroxyl groups excluding tert-OH is 1. The summed E-state index contributed by atoms with van der Waals surface area (Å²) in [6.45, 7) is 0.649. The predicted octanol–water partition coefficient (Wildman–Crippen LogP) is 2.77. The lowest BCUT2D eigenvalue weighted by molar-refractivity contribution is 0.0420. The predicted molar refractivity (Wildman–Crippen MR) is 70.8 cm³/mol. The maximum absolute atomic E-state index is 11.8. The molecule has 0 spiro atoms. The lowest BCUT2D eigenvalue weighted by Gasteiger charge is -2.31. The highest BCUT2D eigenvalue weighted by molar-refractivity contribution is 9.12. The zero-order valence-corrected chi connectivity index (χ0v) is 12.4. The second-order valence-electron chi connectivity index (χ2n) is 3.94.